The zero-order valence-electron chi connectivity index (χ0n) is 12.1. The van der Waals surface area contributed by atoms with Gasteiger partial charge >= 0.3 is 0 Å². The van der Waals surface area contributed by atoms with Gasteiger partial charge in [0.15, 0.2) is 5.78 Å². The summed E-state index contributed by atoms with van der Waals surface area (Å²) in [6.45, 7) is 0. The maximum Gasteiger partial charge on any atom is 0.182 e. The number of phenolic OH excluding ortho intramolecular Hbond substituents is 1. The van der Waals surface area contributed by atoms with Gasteiger partial charge in [-0.05, 0) is 35.9 Å². The zero-order chi connectivity index (χ0) is 15.9. The van der Waals surface area contributed by atoms with Gasteiger partial charge in [0.2, 0.25) is 0 Å². The number of aliphatic hydroxyl groups is 1. The second kappa shape index (κ2) is 7.13. The topological polar surface area (TPSA) is 66.8 Å². The minimum Gasteiger partial charge on any atom is -0.507 e. The van der Waals surface area contributed by atoms with Crippen LogP contribution in [0.25, 0.3) is 11.8 Å². The number of para-hydroxylation sites is 1. The minimum absolute atomic E-state index is 0.0804. The molecule has 0 aliphatic rings. The van der Waals surface area contributed by atoms with Crippen molar-refractivity contribution in [1.82, 2.24) is 0 Å². The Kier molecular flexibility index (Phi) is 4.98. The molecule has 2 N–H and O–H groups in total. The first-order chi connectivity index (χ1) is 10.6. The van der Waals surface area contributed by atoms with Crippen molar-refractivity contribution in [2.75, 3.05) is 7.11 Å². The van der Waals surface area contributed by atoms with Gasteiger partial charge in [-0.2, -0.15) is 0 Å². The molecule has 2 rings (SSSR count). The molecule has 22 heavy (non-hydrogen) atoms. The number of aromatic hydroxyl groups is 1. The van der Waals surface area contributed by atoms with Crippen molar-refractivity contribution in [3.63, 3.8) is 0 Å². The van der Waals surface area contributed by atoms with Crippen molar-refractivity contribution in [1.29, 1.82) is 0 Å². The Morgan fingerprint density at radius 2 is 1.77 bits per heavy atom. The molecule has 0 atom stereocenters. The minimum atomic E-state index is -0.378. The van der Waals surface area contributed by atoms with E-state index in [-0.39, 0.29) is 22.9 Å². The number of allylic oxidation sites excluding steroid dienone is 2. The number of ketones is 1. The Hall–Kier alpha value is -3.01. The number of phenols is 1. The van der Waals surface area contributed by atoms with Crippen LogP contribution in [0.2, 0.25) is 0 Å². The van der Waals surface area contributed by atoms with Crippen LogP contribution in [0.3, 0.4) is 0 Å². The number of rotatable bonds is 5. The van der Waals surface area contributed by atoms with Gasteiger partial charge < -0.3 is 14.9 Å². The Morgan fingerprint density at radius 1 is 1.09 bits per heavy atom. The van der Waals surface area contributed by atoms with Crippen LogP contribution in [0.4, 0.5) is 0 Å². The summed E-state index contributed by atoms with van der Waals surface area (Å²) in [4.78, 5) is 11.8. The van der Waals surface area contributed by atoms with Gasteiger partial charge in [-0.25, -0.2) is 0 Å². The molecule has 0 amide bonds. The van der Waals surface area contributed by atoms with E-state index in [4.69, 9.17) is 4.74 Å². The van der Waals surface area contributed by atoms with Gasteiger partial charge in [0.1, 0.15) is 17.3 Å². The SMILES string of the molecule is COc1ccc(/C=C/C(=O)C=C(O)c2ccccc2O)cc1. The molecule has 2 aromatic rings. The fourth-order valence-electron chi connectivity index (χ4n) is 1.84. The number of ether oxygens (including phenoxy) is 1. The van der Waals surface area contributed by atoms with E-state index in [1.54, 1.807) is 37.5 Å². The molecular weight excluding hydrogens is 280 g/mol. The van der Waals surface area contributed by atoms with Crippen molar-refractivity contribution < 1.29 is 19.7 Å². The number of carbonyl (C=O) groups excluding carboxylic acids is 1. The average Bonchev–Trinajstić information content (AvgIpc) is 2.53. The highest BCUT2D eigenvalue weighted by molar-refractivity contribution is 6.05. The van der Waals surface area contributed by atoms with Crippen LogP contribution in [0, 0.1) is 0 Å². The summed E-state index contributed by atoms with van der Waals surface area (Å²) in [7, 11) is 1.58. The predicted octanol–water partition coefficient (Wildman–Crippen LogP) is 3.58. The highest BCUT2D eigenvalue weighted by atomic mass is 16.5. The summed E-state index contributed by atoms with van der Waals surface area (Å²) < 4.78 is 5.05. The summed E-state index contributed by atoms with van der Waals surface area (Å²) in [5.74, 6) is 0.00260. The molecule has 0 saturated carbocycles. The maximum atomic E-state index is 11.8. The maximum absolute atomic E-state index is 11.8. The van der Waals surface area contributed by atoms with Crippen molar-refractivity contribution in [2.45, 2.75) is 0 Å². The van der Waals surface area contributed by atoms with Crippen molar-refractivity contribution >= 4 is 17.6 Å². The van der Waals surface area contributed by atoms with Crippen LogP contribution in [-0.4, -0.2) is 23.1 Å². The number of carbonyl (C=O) groups is 1. The zero-order valence-corrected chi connectivity index (χ0v) is 12.1. The van der Waals surface area contributed by atoms with Crippen LogP contribution in [0.15, 0.2) is 60.7 Å². The summed E-state index contributed by atoms with van der Waals surface area (Å²) in [5, 5.41) is 19.5. The summed E-state index contributed by atoms with van der Waals surface area (Å²) in [6, 6.07) is 13.5. The van der Waals surface area contributed by atoms with Gasteiger partial charge in [0, 0.05) is 6.08 Å². The molecule has 0 heterocycles. The van der Waals surface area contributed by atoms with Crippen LogP contribution in [0.1, 0.15) is 11.1 Å². The van der Waals surface area contributed by atoms with Crippen LogP contribution < -0.4 is 4.74 Å². The Labute approximate surface area is 128 Å². The second-order valence-electron chi connectivity index (χ2n) is 4.56. The van der Waals surface area contributed by atoms with Crippen LogP contribution in [0.5, 0.6) is 11.5 Å². The summed E-state index contributed by atoms with van der Waals surface area (Å²) in [5.41, 5.74) is 1.05. The molecule has 0 aliphatic heterocycles. The lowest BCUT2D eigenvalue weighted by molar-refractivity contribution is -0.110. The molecule has 0 aliphatic carbocycles. The van der Waals surface area contributed by atoms with E-state index in [0.717, 1.165) is 17.4 Å². The Bertz CT molecular complexity index is 712. The van der Waals surface area contributed by atoms with Gasteiger partial charge in [0.05, 0.1) is 12.7 Å². The summed E-state index contributed by atoms with van der Waals surface area (Å²) >= 11 is 0. The quantitative estimate of drug-likeness (QED) is 0.653. The molecular formula is C18H16O4. The van der Waals surface area contributed by atoms with E-state index >= 15 is 0 Å². The largest absolute Gasteiger partial charge is 0.507 e. The van der Waals surface area contributed by atoms with Crippen molar-refractivity contribution in [3.8, 4) is 11.5 Å². The first-order valence-corrected chi connectivity index (χ1v) is 6.65. The fourth-order valence-corrected chi connectivity index (χ4v) is 1.84. The van der Waals surface area contributed by atoms with Crippen LogP contribution >= 0.6 is 0 Å². The van der Waals surface area contributed by atoms with Gasteiger partial charge in [-0.3, -0.25) is 4.79 Å². The monoisotopic (exact) mass is 296 g/mol. The summed E-state index contributed by atoms with van der Waals surface area (Å²) in [6.07, 6.45) is 4.05. The van der Waals surface area contributed by atoms with E-state index < -0.39 is 0 Å². The molecule has 0 saturated heterocycles. The van der Waals surface area contributed by atoms with Crippen molar-refractivity contribution in [3.05, 3.63) is 71.8 Å². The molecule has 4 heteroatoms. The highest BCUT2D eigenvalue weighted by Gasteiger charge is 2.05. The first-order valence-electron chi connectivity index (χ1n) is 6.65. The molecule has 2 aromatic carbocycles. The highest BCUT2D eigenvalue weighted by Crippen LogP contribution is 2.22. The molecule has 0 fully saturated rings. The number of methoxy groups -OCH3 is 1. The third-order valence-electron chi connectivity index (χ3n) is 3.01. The first kappa shape index (κ1) is 15.4. The number of hydrogen-bond donors (Lipinski definition) is 2. The number of aliphatic hydroxyl groups excluding tert-OH is 1. The number of hydrogen-bond acceptors (Lipinski definition) is 4. The molecule has 4 nitrogen and oxygen atoms in total. The van der Waals surface area contributed by atoms with E-state index in [1.165, 1.54) is 18.2 Å². The third kappa shape index (κ3) is 3.99. The van der Waals surface area contributed by atoms with Crippen molar-refractivity contribution in [2.24, 2.45) is 0 Å². The molecule has 0 bridgehead atoms. The lowest BCUT2D eigenvalue weighted by Gasteiger charge is -2.02. The second-order valence-corrected chi connectivity index (χ2v) is 4.56. The fraction of sp³-hybridized carbons (Fsp3) is 0.0556. The Balaban J connectivity index is 2.09. The molecule has 0 radical (unpaired) electrons. The molecule has 0 unspecified atom stereocenters. The van der Waals surface area contributed by atoms with E-state index in [9.17, 15) is 15.0 Å². The van der Waals surface area contributed by atoms with Gasteiger partial charge in [-0.15, -0.1) is 0 Å². The Morgan fingerprint density at radius 3 is 2.41 bits per heavy atom. The van der Waals surface area contributed by atoms with Gasteiger partial charge in [-0.1, -0.05) is 30.3 Å². The van der Waals surface area contributed by atoms with Crippen LogP contribution in [-0.2, 0) is 4.79 Å². The van der Waals surface area contributed by atoms with E-state index in [1.807, 2.05) is 12.1 Å². The standard InChI is InChI=1S/C18H16O4/c1-22-15-10-7-13(8-11-15)6-9-14(19)12-18(21)16-4-2-3-5-17(16)20/h2-12,20-21H,1H3/b9-6+,18-12?. The van der Waals surface area contributed by atoms with E-state index in [0.29, 0.717) is 0 Å². The predicted molar refractivity (Wildman–Crippen MR) is 85.7 cm³/mol. The lowest BCUT2D eigenvalue weighted by atomic mass is 10.1. The smallest absolute Gasteiger partial charge is 0.182 e. The van der Waals surface area contributed by atoms with E-state index in [2.05, 4.69) is 0 Å². The average molecular weight is 296 g/mol. The van der Waals surface area contributed by atoms with Gasteiger partial charge in [0.25, 0.3) is 0 Å². The third-order valence-corrected chi connectivity index (χ3v) is 3.01. The molecule has 0 spiro atoms. The molecule has 112 valence electrons. The normalized spacial score (nSPS) is 11.6. The molecule has 0 aromatic heterocycles. The number of benzene rings is 2. The lowest BCUT2D eigenvalue weighted by Crippen LogP contribution is -1.91.